The molecule has 3 N–H and O–H groups in total. The number of nitrogens with one attached hydrogen (secondary N) is 2. The van der Waals surface area contributed by atoms with Crippen LogP contribution in [0.15, 0.2) is 0 Å². The zero-order valence-electron chi connectivity index (χ0n) is 10.1. The second-order valence-corrected chi connectivity index (χ2v) is 5.27. The third-order valence-corrected chi connectivity index (χ3v) is 2.91. The standard InChI is InChI=1S/C11H20N2O3/c1-10(2,7-8(14)15)13-9(16)11(3)5-4-6-12-11/h12H,4-7H2,1-3H3,(H,13,16)(H,14,15). The summed E-state index contributed by atoms with van der Waals surface area (Å²) in [6.45, 7) is 6.13. The molecule has 1 rings (SSSR count). The second-order valence-electron chi connectivity index (χ2n) is 5.27. The smallest absolute Gasteiger partial charge is 0.305 e. The minimum absolute atomic E-state index is 0.0746. The van der Waals surface area contributed by atoms with E-state index in [2.05, 4.69) is 10.6 Å². The van der Waals surface area contributed by atoms with Crippen molar-refractivity contribution in [1.29, 1.82) is 0 Å². The number of carbonyl (C=O) groups is 2. The van der Waals surface area contributed by atoms with Gasteiger partial charge in [-0.15, -0.1) is 0 Å². The molecule has 1 fully saturated rings. The van der Waals surface area contributed by atoms with E-state index in [0.717, 1.165) is 19.4 Å². The molecule has 0 aromatic heterocycles. The minimum Gasteiger partial charge on any atom is -0.481 e. The van der Waals surface area contributed by atoms with Gasteiger partial charge in [-0.1, -0.05) is 0 Å². The molecule has 0 aromatic carbocycles. The van der Waals surface area contributed by atoms with Gasteiger partial charge in [0.2, 0.25) is 5.91 Å². The Morgan fingerprint density at radius 1 is 1.50 bits per heavy atom. The lowest BCUT2D eigenvalue weighted by Gasteiger charge is -2.31. The van der Waals surface area contributed by atoms with E-state index in [-0.39, 0.29) is 12.3 Å². The van der Waals surface area contributed by atoms with Crippen LogP contribution in [0.2, 0.25) is 0 Å². The van der Waals surface area contributed by atoms with E-state index in [1.807, 2.05) is 6.92 Å². The predicted octanol–water partition coefficient (Wildman–Crippen LogP) is 0.498. The molecule has 0 radical (unpaired) electrons. The highest BCUT2D eigenvalue weighted by atomic mass is 16.4. The third kappa shape index (κ3) is 3.20. The lowest BCUT2D eigenvalue weighted by Crippen LogP contribution is -2.57. The molecule has 1 atom stereocenters. The van der Waals surface area contributed by atoms with Gasteiger partial charge < -0.3 is 15.7 Å². The number of hydrogen-bond donors (Lipinski definition) is 3. The van der Waals surface area contributed by atoms with Crippen LogP contribution < -0.4 is 10.6 Å². The van der Waals surface area contributed by atoms with Crippen molar-refractivity contribution in [3.8, 4) is 0 Å². The van der Waals surface area contributed by atoms with Crippen LogP contribution >= 0.6 is 0 Å². The molecule has 5 heteroatoms. The molecule has 1 unspecified atom stereocenters. The lowest BCUT2D eigenvalue weighted by atomic mass is 9.95. The summed E-state index contributed by atoms with van der Waals surface area (Å²) in [5.74, 6) is -1.02. The van der Waals surface area contributed by atoms with E-state index in [9.17, 15) is 9.59 Å². The first-order valence-corrected chi connectivity index (χ1v) is 5.55. The minimum atomic E-state index is -0.908. The maximum absolute atomic E-state index is 12.0. The molecule has 0 bridgehead atoms. The highest BCUT2D eigenvalue weighted by Gasteiger charge is 2.38. The molecule has 1 aliphatic heterocycles. The van der Waals surface area contributed by atoms with Gasteiger partial charge in [0, 0.05) is 5.54 Å². The summed E-state index contributed by atoms with van der Waals surface area (Å²) in [6.07, 6.45) is 1.69. The van der Waals surface area contributed by atoms with E-state index in [1.165, 1.54) is 0 Å². The number of hydrogen-bond acceptors (Lipinski definition) is 3. The van der Waals surface area contributed by atoms with E-state index in [1.54, 1.807) is 13.8 Å². The van der Waals surface area contributed by atoms with Crippen LogP contribution in [0.1, 0.15) is 40.0 Å². The first-order valence-electron chi connectivity index (χ1n) is 5.55. The van der Waals surface area contributed by atoms with Gasteiger partial charge in [-0.25, -0.2) is 0 Å². The van der Waals surface area contributed by atoms with Crippen molar-refractivity contribution < 1.29 is 14.7 Å². The number of carboxylic acid groups (broad SMARTS) is 1. The fourth-order valence-corrected chi connectivity index (χ4v) is 1.96. The van der Waals surface area contributed by atoms with E-state index >= 15 is 0 Å². The number of aliphatic carboxylic acids is 1. The quantitative estimate of drug-likeness (QED) is 0.654. The van der Waals surface area contributed by atoms with Crippen LogP contribution in [0.3, 0.4) is 0 Å². The summed E-state index contributed by atoms with van der Waals surface area (Å²) in [4.78, 5) is 22.6. The number of amides is 1. The van der Waals surface area contributed by atoms with E-state index in [4.69, 9.17) is 5.11 Å². The van der Waals surface area contributed by atoms with Crippen LogP contribution in [0.5, 0.6) is 0 Å². The molecule has 1 saturated heterocycles. The molecule has 1 aliphatic rings. The Labute approximate surface area is 95.6 Å². The first-order chi connectivity index (χ1) is 7.25. The Morgan fingerprint density at radius 2 is 2.12 bits per heavy atom. The monoisotopic (exact) mass is 228 g/mol. The summed E-state index contributed by atoms with van der Waals surface area (Å²) in [5, 5.41) is 14.7. The zero-order valence-corrected chi connectivity index (χ0v) is 10.1. The Hall–Kier alpha value is -1.10. The highest BCUT2D eigenvalue weighted by Crippen LogP contribution is 2.20. The van der Waals surface area contributed by atoms with Gasteiger partial charge in [-0.05, 0) is 40.2 Å². The van der Waals surface area contributed by atoms with E-state index in [0.29, 0.717) is 0 Å². The SMILES string of the molecule is CC(C)(CC(=O)O)NC(=O)C1(C)CCCN1. The first kappa shape index (κ1) is 13.0. The van der Waals surface area contributed by atoms with Gasteiger partial charge in [0.25, 0.3) is 0 Å². The van der Waals surface area contributed by atoms with Crippen molar-refractivity contribution in [3.05, 3.63) is 0 Å². The van der Waals surface area contributed by atoms with Crippen LogP contribution in [-0.2, 0) is 9.59 Å². The van der Waals surface area contributed by atoms with E-state index < -0.39 is 17.0 Å². The van der Waals surface area contributed by atoms with Crippen LogP contribution in [0, 0.1) is 0 Å². The lowest BCUT2D eigenvalue weighted by molar-refractivity contribution is -0.139. The average Bonchev–Trinajstić information content (AvgIpc) is 2.49. The predicted molar refractivity (Wildman–Crippen MR) is 60.1 cm³/mol. The molecular weight excluding hydrogens is 208 g/mol. The van der Waals surface area contributed by atoms with Gasteiger partial charge in [-0.2, -0.15) is 0 Å². The Morgan fingerprint density at radius 3 is 2.56 bits per heavy atom. The fourth-order valence-electron chi connectivity index (χ4n) is 1.96. The van der Waals surface area contributed by atoms with Crippen LogP contribution in [-0.4, -0.2) is 34.6 Å². The summed E-state index contributed by atoms with van der Waals surface area (Å²) in [5.41, 5.74) is -1.26. The van der Waals surface area contributed by atoms with Gasteiger partial charge in [-0.3, -0.25) is 9.59 Å². The van der Waals surface area contributed by atoms with Crippen LogP contribution in [0.4, 0.5) is 0 Å². The Kier molecular flexibility index (Phi) is 3.57. The maximum atomic E-state index is 12.0. The topological polar surface area (TPSA) is 78.4 Å². The van der Waals surface area contributed by atoms with Crippen LogP contribution in [0.25, 0.3) is 0 Å². The molecule has 1 heterocycles. The summed E-state index contributed by atoms with van der Waals surface area (Å²) in [7, 11) is 0. The van der Waals surface area contributed by atoms with Gasteiger partial charge >= 0.3 is 5.97 Å². The molecule has 1 amide bonds. The normalized spacial score (nSPS) is 25.4. The largest absolute Gasteiger partial charge is 0.481 e. The molecule has 92 valence electrons. The van der Waals surface area contributed by atoms with Gasteiger partial charge in [0.1, 0.15) is 0 Å². The molecule has 0 aromatic rings. The van der Waals surface area contributed by atoms with Crippen molar-refractivity contribution in [2.45, 2.75) is 51.1 Å². The molecule has 16 heavy (non-hydrogen) atoms. The number of carboxylic acids is 1. The highest BCUT2D eigenvalue weighted by molar-refractivity contribution is 5.87. The molecule has 0 aliphatic carbocycles. The second kappa shape index (κ2) is 4.41. The van der Waals surface area contributed by atoms with Gasteiger partial charge in [0.05, 0.1) is 12.0 Å². The molecule has 0 spiro atoms. The summed E-state index contributed by atoms with van der Waals surface area (Å²) < 4.78 is 0. The maximum Gasteiger partial charge on any atom is 0.305 e. The van der Waals surface area contributed by atoms with Crippen molar-refractivity contribution in [2.24, 2.45) is 0 Å². The van der Waals surface area contributed by atoms with Gasteiger partial charge in [0.15, 0.2) is 0 Å². The molecule has 5 nitrogen and oxygen atoms in total. The fraction of sp³-hybridized carbons (Fsp3) is 0.818. The summed E-state index contributed by atoms with van der Waals surface area (Å²) >= 11 is 0. The summed E-state index contributed by atoms with van der Waals surface area (Å²) in [6, 6.07) is 0. The third-order valence-electron chi connectivity index (χ3n) is 2.91. The Balaban J connectivity index is 2.59. The van der Waals surface area contributed by atoms with Crippen molar-refractivity contribution >= 4 is 11.9 Å². The van der Waals surface area contributed by atoms with Crippen molar-refractivity contribution in [2.75, 3.05) is 6.54 Å². The molecule has 0 saturated carbocycles. The number of rotatable bonds is 4. The molecular formula is C11H20N2O3. The average molecular weight is 228 g/mol. The zero-order chi connectivity index (χ0) is 12.4. The van der Waals surface area contributed by atoms with Crippen molar-refractivity contribution in [1.82, 2.24) is 10.6 Å². The number of carbonyl (C=O) groups excluding carboxylic acids is 1. The van der Waals surface area contributed by atoms with Crippen molar-refractivity contribution in [3.63, 3.8) is 0 Å². The Bertz CT molecular complexity index is 294.